The Morgan fingerprint density at radius 2 is 1.60 bits per heavy atom. The number of benzene rings is 1. The van der Waals surface area contributed by atoms with Gasteiger partial charge in [0.1, 0.15) is 0 Å². The molecule has 20 heavy (non-hydrogen) atoms. The summed E-state index contributed by atoms with van der Waals surface area (Å²) in [5, 5.41) is 3.39. The number of nitrogens with one attached hydrogen (secondary N) is 1. The Kier molecular flexibility index (Phi) is 7.14. The van der Waals surface area contributed by atoms with Gasteiger partial charge in [0.25, 0.3) is 0 Å². The summed E-state index contributed by atoms with van der Waals surface area (Å²) in [6.07, 6.45) is 4.46. The van der Waals surface area contributed by atoms with Crippen LogP contribution in [0.25, 0.3) is 0 Å². The van der Waals surface area contributed by atoms with Crippen molar-refractivity contribution in [3.05, 3.63) is 59.8 Å². The van der Waals surface area contributed by atoms with Gasteiger partial charge >= 0.3 is 0 Å². The highest BCUT2D eigenvalue weighted by Gasteiger charge is 1.99. The fourth-order valence-corrected chi connectivity index (χ4v) is 1.98. The quantitative estimate of drug-likeness (QED) is 0.498. The Morgan fingerprint density at radius 1 is 1.05 bits per heavy atom. The molecule has 0 unspecified atom stereocenters. The zero-order chi connectivity index (χ0) is 15.0. The summed E-state index contributed by atoms with van der Waals surface area (Å²) >= 11 is 0. The summed E-state index contributed by atoms with van der Waals surface area (Å²) in [6, 6.07) is 9.01. The van der Waals surface area contributed by atoms with Gasteiger partial charge in [0.2, 0.25) is 0 Å². The summed E-state index contributed by atoms with van der Waals surface area (Å²) in [5.74, 6) is 0.516. The third-order valence-corrected chi connectivity index (χ3v) is 3.55. The van der Waals surface area contributed by atoms with Gasteiger partial charge in [-0.1, -0.05) is 50.3 Å². The standard InChI is InChI=1S/C19H29N/c1-15(2)8-9-19-12-10-18(11-13-19)7-6-14-20-17(5)16(3)4/h10-13,16,20H,1,5-9,14H2,2-4H3. The molecule has 0 saturated heterocycles. The van der Waals surface area contributed by atoms with Gasteiger partial charge in [0.05, 0.1) is 0 Å². The molecule has 0 bridgehead atoms. The number of allylic oxidation sites excluding steroid dienone is 2. The van der Waals surface area contributed by atoms with Crippen molar-refractivity contribution in [1.29, 1.82) is 0 Å². The van der Waals surface area contributed by atoms with Crippen molar-refractivity contribution in [2.24, 2.45) is 5.92 Å². The maximum atomic E-state index is 4.03. The maximum Gasteiger partial charge on any atom is 0.0147 e. The van der Waals surface area contributed by atoms with Gasteiger partial charge in [0, 0.05) is 12.2 Å². The van der Waals surface area contributed by atoms with Crippen LogP contribution < -0.4 is 5.32 Å². The van der Waals surface area contributed by atoms with E-state index >= 15 is 0 Å². The topological polar surface area (TPSA) is 12.0 Å². The van der Waals surface area contributed by atoms with Gasteiger partial charge in [-0.2, -0.15) is 0 Å². The molecule has 0 spiro atoms. The predicted molar refractivity (Wildman–Crippen MR) is 89.9 cm³/mol. The second-order valence-electron chi connectivity index (χ2n) is 5.98. The summed E-state index contributed by atoms with van der Waals surface area (Å²) in [7, 11) is 0. The van der Waals surface area contributed by atoms with E-state index in [9.17, 15) is 0 Å². The molecule has 1 heteroatoms. The van der Waals surface area contributed by atoms with E-state index in [1.165, 1.54) is 16.7 Å². The highest BCUT2D eigenvalue weighted by atomic mass is 14.9. The first kappa shape index (κ1) is 16.6. The van der Waals surface area contributed by atoms with Crippen LogP contribution in [0.1, 0.15) is 44.7 Å². The number of aryl methyl sites for hydroxylation is 2. The molecular weight excluding hydrogens is 242 g/mol. The van der Waals surface area contributed by atoms with Gasteiger partial charge in [-0.05, 0) is 49.7 Å². The van der Waals surface area contributed by atoms with Gasteiger partial charge in [-0.25, -0.2) is 0 Å². The van der Waals surface area contributed by atoms with Gasteiger partial charge in [-0.15, -0.1) is 6.58 Å². The lowest BCUT2D eigenvalue weighted by atomic mass is 10.0. The summed E-state index contributed by atoms with van der Waals surface area (Å²) < 4.78 is 0. The van der Waals surface area contributed by atoms with E-state index in [1.54, 1.807) is 0 Å². The maximum absolute atomic E-state index is 4.03. The molecule has 0 aliphatic carbocycles. The summed E-state index contributed by atoms with van der Waals surface area (Å²) in [6.45, 7) is 15.4. The molecule has 1 rings (SSSR count). The number of rotatable bonds is 9. The minimum atomic E-state index is 0.516. The van der Waals surface area contributed by atoms with Crippen LogP contribution in [-0.4, -0.2) is 6.54 Å². The van der Waals surface area contributed by atoms with E-state index in [-0.39, 0.29) is 0 Å². The zero-order valence-corrected chi connectivity index (χ0v) is 13.3. The fourth-order valence-electron chi connectivity index (χ4n) is 1.98. The molecular formula is C19H29N. The fraction of sp³-hybridized carbons (Fsp3) is 0.474. The molecule has 1 nitrogen and oxygen atoms in total. The molecule has 1 aromatic carbocycles. The second kappa shape index (κ2) is 8.63. The number of hydrogen-bond donors (Lipinski definition) is 1. The summed E-state index contributed by atoms with van der Waals surface area (Å²) in [4.78, 5) is 0. The van der Waals surface area contributed by atoms with Crippen LogP contribution in [-0.2, 0) is 12.8 Å². The van der Waals surface area contributed by atoms with Crippen molar-refractivity contribution >= 4 is 0 Å². The first-order valence-corrected chi connectivity index (χ1v) is 7.64. The lowest BCUT2D eigenvalue weighted by Crippen LogP contribution is -2.18. The van der Waals surface area contributed by atoms with Crippen molar-refractivity contribution in [2.45, 2.75) is 46.5 Å². The molecule has 1 N–H and O–H groups in total. The Morgan fingerprint density at radius 3 is 2.10 bits per heavy atom. The van der Waals surface area contributed by atoms with Crippen LogP contribution in [0.5, 0.6) is 0 Å². The molecule has 0 aliphatic rings. The van der Waals surface area contributed by atoms with Crippen LogP contribution in [0.15, 0.2) is 48.7 Å². The normalized spacial score (nSPS) is 10.6. The molecule has 0 radical (unpaired) electrons. The average molecular weight is 271 g/mol. The third-order valence-electron chi connectivity index (χ3n) is 3.55. The van der Waals surface area contributed by atoms with Crippen LogP contribution in [0.2, 0.25) is 0 Å². The van der Waals surface area contributed by atoms with Crippen LogP contribution in [0.4, 0.5) is 0 Å². The molecule has 0 heterocycles. The van der Waals surface area contributed by atoms with Crippen LogP contribution >= 0.6 is 0 Å². The Balaban J connectivity index is 2.28. The molecule has 1 aromatic rings. The van der Waals surface area contributed by atoms with Gasteiger partial charge in [0.15, 0.2) is 0 Å². The highest BCUT2D eigenvalue weighted by Crippen LogP contribution is 2.11. The van der Waals surface area contributed by atoms with E-state index in [1.807, 2.05) is 0 Å². The molecule has 0 aromatic heterocycles. The lowest BCUT2D eigenvalue weighted by molar-refractivity contribution is 0.634. The highest BCUT2D eigenvalue weighted by molar-refractivity contribution is 5.23. The van der Waals surface area contributed by atoms with Crippen molar-refractivity contribution in [2.75, 3.05) is 6.54 Å². The predicted octanol–water partition coefficient (Wildman–Crippen LogP) is 4.89. The number of hydrogen-bond acceptors (Lipinski definition) is 1. The van der Waals surface area contributed by atoms with Crippen LogP contribution in [0.3, 0.4) is 0 Å². The minimum Gasteiger partial charge on any atom is -0.389 e. The molecule has 0 aliphatic heterocycles. The molecule has 0 fully saturated rings. The Bertz CT molecular complexity index is 426. The van der Waals surface area contributed by atoms with Gasteiger partial charge in [-0.3, -0.25) is 0 Å². The second-order valence-corrected chi connectivity index (χ2v) is 5.98. The minimum absolute atomic E-state index is 0.516. The monoisotopic (exact) mass is 271 g/mol. The van der Waals surface area contributed by atoms with E-state index < -0.39 is 0 Å². The smallest absolute Gasteiger partial charge is 0.0147 e. The van der Waals surface area contributed by atoms with E-state index in [2.05, 4.69) is 63.5 Å². The molecule has 110 valence electrons. The largest absolute Gasteiger partial charge is 0.389 e. The molecule has 0 amide bonds. The Hall–Kier alpha value is -1.50. The average Bonchev–Trinajstić information content (AvgIpc) is 2.42. The van der Waals surface area contributed by atoms with Gasteiger partial charge < -0.3 is 5.32 Å². The van der Waals surface area contributed by atoms with Crippen molar-refractivity contribution in [1.82, 2.24) is 5.32 Å². The first-order chi connectivity index (χ1) is 9.49. The first-order valence-electron chi connectivity index (χ1n) is 7.64. The van der Waals surface area contributed by atoms with Crippen molar-refractivity contribution in [3.63, 3.8) is 0 Å². The van der Waals surface area contributed by atoms with Crippen molar-refractivity contribution in [3.8, 4) is 0 Å². The summed E-state index contributed by atoms with van der Waals surface area (Å²) in [5.41, 5.74) is 5.22. The Labute approximate surface area is 124 Å². The zero-order valence-electron chi connectivity index (χ0n) is 13.3. The SMILES string of the molecule is C=C(C)CCc1ccc(CCCNC(=C)C(C)C)cc1. The molecule has 0 atom stereocenters. The lowest BCUT2D eigenvalue weighted by Gasteiger charge is -2.12. The third kappa shape index (κ3) is 6.60. The van der Waals surface area contributed by atoms with Crippen LogP contribution in [0, 0.1) is 5.92 Å². The van der Waals surface area contributed by atoms with Crippen molar-refractivity contribution < 1.29 is 0 Å². The van der Waals surface area contributed by atoms with E-state index in [4.69, 9.17) is 0 Å². The van der Waals surface area contributed by atoms with E-state index in [0.29, 0.717) is 5.92 Å². The molecule has 0 saturated carbocycles. The van der Waals surface area contributed by atoms with E-state index in [0.717, 1.165) is 37.9 Å².